The Bertz CT molecular complexity index is 538. The van der Waals surface area contributed by atoms with Crippen LogP contribution in [0.1, 0.15) is 44.1 Å². The van der Waals surface area contributed by atoms with Crippen molar-refractivity contribution in [2.75, 3.05) is 19.6 Å². The average molecular weight is 312 g/mol. The first-order valence-corrected chi connectivity index (χ1v) is 9.07. The number of benzene rings is 1. The fourth-order valence-electron chi connectivity index (χ4n) is 3.68. The Morgan fingerprint density at radius 2 is 2.09 bits per heavy atom. The van der Waals surface area contributed by atoms with E-state index in [4.69, 9.17) is 0 Å². The number of likely N-dealkylation sites (tertiary alicyclic amines) is 1. The lowest BCUT2D eigenvalue weighted by Gasteiger charge is -2.33. The second-order valence-electron chi connectivity index (χ2n) is 6.82. The molecule has 0 spiro atoms. The van der Waals surface area contributed by atoms with Crippen LogP contribution in [0.25, 0.3) is 0 Å². The molecule has 0 aromatic heterocycles. The first kappa shape index (κ1) is 16.3. The molecule has 0 radical (unpaired) electrons. The van der Waals surface area contributed by atoms with E-state index in [9.17, 15) is 4.79 Å². The monoisotopic (exact) mass is 312 g/mol. The molecular weight excluding hydrogens is 284 g/mol. The largest absolute Gasteiger partial charge is 0.348 e. The molecule has 124 valence electrons. The van der Waals surface area contributed by atoms with Gasteiger partial charge in [0.05, 0.1) is 0 Å². The summed E-state index contributed by atoms with van der Waals surface area (Å²) in [4.78, 5) is 14.7. The quantitative estimate of drug-likeness (QED) is 0.874. The van der Waals surface area contributed by atoms with Crippen molar-refractivity contribution < 1.29 is 4.79 Å². The average Bonchev–Trinajstić information content (AvgIpc) is 3.11. The minimum atomic E-state index is 0.179. The van der Waals surface area contributed by atoms with Gasteiger partial charge in [0.25, 0.3) is 0 Å². The van der Waals surface area contributed by atoms with Crippen molar-refractivity contribution in [2.24, 2.45) is 0 Å². The Kier molecular flexibility index (Phi) is 5.87. The number of allylic oxidation sites excluding steroid dienone is 1. The van der Waals surface area contributed by atoms with Gasteiger partial charge in [-0.3, -0.25) is 4.79 Å². The van der Waals surface area contributed by atoms with Crippen LogP contribution < -0.4 is 5.32 Å². The molecule has 1 aliphatic heterocycles. The van der Waals surface area contributed by atoms with Gasteiger partial charge in [-0.2, -0.15) is 0 Å². The second-order valence-corrected chi connectivity index (χ2v) is 6.82. The number of rotatable bonds is 6. The molecule has 2 aliphatic rings. The summed E-state index contributed by atoms with van der Waals surface area (Å²) >= 11 is 0. The molecule has 1 aromatic carbocycles. The minimum Gasteiger partial charge on any atom is -0.348 e. The third-order valence-electron chi connectivity index (χ3n) is 4.96. The predicted octanol–water partition coefficient (Wildman–Crippen LogP) is 3.31. The van der Waals surface area contributed by atoms with E-state index in [1.807, 2.05) is 0 Å². The number of amides is 1. The van der Waals surface area contributed by atoms with E-state index in [2.05, 4.69) is 46.6 Å². The number of piperidine rings is 1. The Morgan fingerprint density at radius 3 is 2.87 bits per heavy atom. The maximum absolute atomic E-state index is 12.2. The van der Waals surface area contributed by atoms with Gasteiger partial charge >= 0.3 is 0 Å². The molecule has 1 amide bonds. The van der Waals surface area contributed by atoms with E-state index >= 15 is 0 Å². The van der Waals surface area contributed by atoms with Crippen LogP contribution in [-0.2, 0) is 11.2 Å². The summed E-state index contributed by atoms with van der Waals surface area (Å²) in [6, 6.07) is 11.0. The van der Waals surface area contributed by atoms with Crippen LogP contribution in [0, 0.1) is 0 Å². The van der Waals surface area contributed by atoms with E-state index in [0.717, 1.165) is 50.8 Å². The highest BCUT2D eigenvalue weighted by Gasteiger charge is 2.22. The smallest absolute Gasteiger partial charge is 0.247 e. The summed E-state index contributed by atoms with van der Waals surface area (Å²) in [5, 5.41) is 3.25. The Balaban J connectivity index is 1.40. The summed E-state index contributed by atoms with van der Waals surface area (Å²) in [6.07, 6.45) is 9.91. The van der Waals surface area contributed by atoms with Crippen molar-refractivity contribution in [3.05, 3.63) is 47.5 Å². The molecule has 1 N–H and O–H groups in total. The Morgan fingerprint density at radius 1 is 1.22 bits per heavy atom. The van der Waals surface area contributed by atoms with Crippen LogP contribution in [0.5, 0.6) is 0 Å². The van der Waals surface area contributed by atoms with Crippen molar-refractivity contribution in [1.29, 1.82) is 0 Å². The van der Waals surface area contributed by atoms with Crippen molar-refractivity contribution in [1.82, 2.24) is 10.2 Å². The summed E-state index contributed by atoms with van der Waals surface area (Å²) in [6.45, 7) is 3.31. The highest BCUT2D eigenvalue weighted by Crippen LogP contribution is 2.18. The van der Waals surface area contributed by atoms with Crippen LogP contribution in [-0.4, -0.2) is 36.5 Å². The van der Waals surface area contributed by atoms with Gasteiger partial charge in [-0.15, -0.1) is 0 Å². The van der Waals surface area contributed by atoms with Crippen molar-refractivity contribution in [3.63, 3.8) is 0 Å². The van der Waals surface area contributed by atoms with E-state index in [1.165, 1.54) is 24.9 Å². The number of hydrogen-bond acceptors (Lipinski definition) is 2. The first-order valence-electron chi connectivity index (χ1n) is 9.07. The van der Waals surface area contributed by atoms with Crippen LogP contribution >= 0.6 is 0 Å². The van der Waals surface area contributed by atoms with Crippen molar-refractivity contribution >= 4 is 5.91 Å². The first-order chi connectivity index (χ1) is 11.3. The van der Waals surface area contributed by atoms with Crippen LogP contribution in [0.2, 0.25) is 0 Å². The summed E-state index contributed by atoms with van der Waals surface area (Å²) in [5.41, 5.74) is 2.42. The molecule has 0 bridgehead atoms. The van der Waals surface area contributed by atoms with Gasteiger partial charge in [-0.05, 0) is 63.6 Å². The topological polar surface area (TPSA) is 32.3 Å². The molecule has 0 saturated carbocycles. The zero-order valence-electron chi connectivity index (χ0n) is 14.0. The van der Waals surface area contributed by atoms with Crippen LogP contribution in [0.3, 0.4) is 0 Å². The molecule has 0 unspecified atom stereocenters. The maximum Gasteiger partial charge on any atom is 0.247 e. The zero-order valence-corrected chi connectivity index (χ0v) is 14.0. The minimum absolute atomic E-state index is 0.179. The zero-order chi connectivity index (χ0) is 15.9. The van der Waals surface area contributed by atoms with Crippen LogP contribution in [0.4, 0.5) is 0 Å². The summed E-state index contributed by atoms with van der Waals surface area (Å²) in [7, 11) is 0. The molecule has 1 aromatic rings. The summed E-state index contributed by atoms with van der Waals surface area (Å²) in [5.74, 6) is 0.179. The SMILES string of the molecule is O=C(N[C@@H]1CCCN(CCCc2ccccc2)C1)C1=CCCC1. The second kappa shape index (κ2) is 8.30. The summed E-state index contributed by atoms with van der Waals surface area (Å²) < 4.78 is 0. The van der Waals surface area contributed by atoms with Gasteiger partial charge in [0.2, 0.25) is 5.91 Å². The molecule has 3 rings (SSSR count). The van der Waals surface area contributed by atoms with E-state index in [-0.39, 0.29) is 5.91 Å². The molecular formula is C20H28N2O. The molecule has 1 atom stereocenters. The molecule has 1 aliphatic carbocycles. The number of aryl methyl sites for hydroxylation is 1. The molecule has 3 heteroatoms. The highest BCUT2D eigenvalue weighted by molar-refractivity contribution is 5.93. The predicted molar refractivity (Wildman–Crippen MR) is 94.3 cm³/mol. The normalized spacial score (nSPS) is 21.9. The lowest BCUT2D eigenvalue weighted by molar-refractivity contribution is -0.118. The van der Waals surface area contributed by atoms with Gasteiger partial charge in [-0.1, -0.05) is 36.4 Å². The molecule has 3 nitrogen and oxygen atoms in total. The number of hydrogen-bond donors (Lipinski definition) is 1. The lowest BCUT2D eigenvalue weighted by Crippen LogP contribution is -2.48. The van der Waals surface area contributed by atoms with Crippen LogP contribution in [0.15, 0.2) is 42.0 Å². The maximum atomic E-state index is 12.2. The number of carbonyl (C=O) groups excluding carboxylic acids is 1. The number of carbonyl (C=O) groups is 1. The Hall–Kier alpha value is -1.61. The Labute approximate surface area is 139 Å². The standard InChI is InChI=1S/C20H28N2O/c23-20(18-11-4-5-12-18)21-19-13-7-15-22(16-19)14-6-10-17-8-2-1-3-9-17/h1-3,8-9,11,19H,4-7,10,12-16H2,(H,21,23)/t19-/m1/s1. The fourth-order valence-corrected chi connectivity index (χ4v) is 3.68. The van der Waals surface area contributed by atoms with E-state index < -0.39 is 0 Å². The van der Waals surface area contributed by atoms with Crippen molar-refractivity contribution in [3.8, 4) is 0 Å². The molecule has 1 fully saturated rings. The highest BCUT2D eigenvalue weighted by atomic mass is 16.1. The van der Waals surface area contributed by atoms with Gasteiger partial charge in [0.1, 0.15) is 0 Å². The van der Waals surface area contributed by atoms with Gasteiger partial charge < -0.3 is 10.2 Å². The number of nitrogens with one attached hydrogen (secondary N) is 1. The molecule has 23 heavy (non-hydrogen) atoms. The third-order valence-corrected chi connectivity index (χ3v) is 4.96. The van der Waals surface area contributed by atoms with Gasteiger partial charge in [0, 0.05) is 18.2 Å². The lowest BCUT2D eigenvalue weighted by atomic mass is 10.0. The van der Waals surface area contributed by atoms with Crippen molar-refractivity contribution in [2.45, 2.75) is 51.0 Å². The third kappa shape index (κ3) is 4.93. The van der Waals surface area contributed by atoms with E-state index in [0.29, 0.717) is 6.04 Å². The fraction of sp³-hybridized carbons (Fsp3) is 0.550. The van der Waals surface area contributed by atoms with Gasteiger partial charge in [-0.25, -0.2) is 0 Å². The molecule has 1 heterocycles. The van der Waals surface area contributed by atoms with E-state index in [1.54, 1.807) is 0 Å². The number of nitrogens with zero attached hydrogens (tertiary/aromatic N) is 1. The molecule has 1 saturated heterocycles. The van der Waals surface area contributed by atoms with Gasteiger partial charge in [0.15, 0.2) is 0 Å².